The largest absolute Gasteiger partial charge is 0.349 e. The van der Waals surface area contributed by atoms with Crippen LogP contribution in [0.5, 0.6) is 0 Å². The molecule has 1 saturated carbocycles. The minimum atomic E-state index is 0.0169. The topological polar surface area (TPSA) is 54.9 Å². The van der Waals surface area contributed by atoms with E-state index in [1.54, 1.807) is 0 Å². The van der Waals surface area contributed by atoms with Crippen molar-refractivity contribution in [3.63, 3.8) is 0 Å². The van der Waals surface area contributed by atoms with Crippen molar-refractivity contribution in [2.45, 2.75) is 71.3 Å². The van der Waals surface area contributed by atoms with Gasteiger partial charge in [-0.15, -0.1) is 0 Å². The minimum absolute atomic E-state index is 0.0169. The van der Waals surface area contributed by atoms with Crippen LogP contribution in [-0.4, -0.2) is 21.9 Å². The molecular weight excluding hydrogens is 298 g/mol. The maximum absolute atomic E-state index is 12.6. The van der Waals surface area contributed by atoms with Crippen molar-refractivity contribution >= 4 is 16.9 Å². The Morgan fingerprint density at radius 2 is 1.62 bits per heavy atom. The monoisotopic (exact) mass is 325 g/mol. The molecule has 0 unspecified atom stereocenters. The lowest BCUT2D eigenvalue weighted by atomic mass is 10.1. The van der Waals surface area contributed by atoms with Gasteiger partial charge in [0, 0.05) is 11.6 Å². The maximum atomic E-state index is 12.6. The second-order valence-corrected chi connectivity index (χ2v) is 6.69. The van der Waals surface area contributed by atoms with E-state index in [-0.39, 0.29) is 5.91 Å². The summed E-state index contributed by atoms with van der Waals surface area (Å²) in [4.78, 5) is 22.0. The normalized spacial score (nSPS) is 16.1. The highest BCUT2D eigenvalue weighted by Gasteiger charge is 2.16. The van der Waals surface area contributed by atoms with Gasteiger partial charge in [0.05, 0.1) is 22.4 Å². The standard InChI is InChI=1S/C20H27N3O/c1-3-16-17(4-2)23-19-13-14(11-12-18(19)22-16)20(24)21-15-9-7-5-6-8-10-15/h11-13,15H,3-10H2,1-2H3,(H,21,24). The molecule has 0 bridgehead atoms. The molecule has 1 fully saturated rings. The number of rotatable bonds is 4. The van der Waals surface area contributed by atoms with Gasteiger partial charge in [0.25, 0.3) is 5.91 Å². The van der Waals surface area contributed by atoms with E-state index in [2.05, 4.69) is 19.2 Å². The first-order valence-electron chi connectivity index (χ1n) is 9.31. The Hall–Kier alpha value is -1.97. The van der Waals surface area contributed by atoms with Crippen LogP contribution < -0.4 is 5.32 Å². The molecule has 0 atom stereocenters. The molecule has 1 aromatic heterocycles. The van der Waals surface area contributed by atoms with E-state index in [4.69, 9.17) is 9.97 Å². The number of carbonyl (C=O) groups is 1. The van der Waals surface area contributed by atoms with Crippen molar-refractivity contribution in [3.8, 4) is 0 Å². The van der Waals surface area contributed by atoms with Gasteiger partial charge in [0.1, 0.15) is 0 Å². The highest BCUT2D eigenvalue weighted by molar-refractivity contribution is 5.97. The van der Waals surface area contributed by atoms with Crippen LogP contribution in [-0.2, 0) is 12.8 Å². The summed E-state index contributed by atoms with van der Waals surface area (Å²) in [5.74, 6) is 0.0169. The summed E-state index contributed by atoms with van der Waals surface area (Å²) in [5.41, 5.74) is 4.46. The van der Waals surface area contributed by atoms with Crippen molar-refractivity contribution in [1.29, 1.82) is 0 Å². The Labute approximate surface area is 144 Å². The molecule has 1 amide bonds. The second kappa shape index (κ2) is 7.73. The highest BCUT2D eigenvalue weighted by atomic mass is 16.1. The molecule has 4 nitrogen and oxygen atoms in total. The van der Waals surface area contributed by atoms with Crippen molar-refractivity contribution in [2.75, 3.05) is 0 Å². The SMILES string of the molecule is CCc1nc2ccc(C(=O)NC3CCCCCC3)cc2nc1CC. The fourth-order valence-electron chi connectivity index (χ4n) is 3.53. The lowest BCUT2D eigenvalue weighted by Gasteiger charge is -2.16. The van der Waals surface area contributed by atoms with Gasteiger partial charge in [-0.05, 0) is 43.9 Å². The van der Waals surface area contributed by atoms with E-state index in [9.17, 15) is 4.79 Å². The number of hydrogen-bond acceptors (Lipinski definition) is 3. The first-order chi connectivity index (χ1) is 11.7. The molecule has 2 aromatic rings. The van der Waals surface area contributed by atoms with E-state index < -0.39 is 0 Å². The fourth-order valence-corrected chi connectivity index (χ4v) is 3.53. The van der Waals surface area contributed by atoms with Gasteiger partial charge in [0.15, 0.2) is 0 Å². The summed E-state index contributed by atoms with van der Waals surface area (Å²) in [5, 5.41) is 3.20. The summed E-state index contributed by atoms with van der Waals surface area (Å²) >= 11 is 0. The lowest BCUT2D eigenvalue weighted by Crippen LogP contribution is -2.34. The van der Waals surface area contributed by atoms with Crippen LogP contribution in [0.1, 0.15) is 74.1 Å². The first-order valence-corrected chi connectivity index (χ1v) is 9.31. The van der Waals surface area contributed by atoms with Gasteiger partial charge in [-0.2, -0.15) is 0 Å². The Morgan fingerprint density at radius 3 is 2.25 bits per heavy atom. The fraction of sp³-hybridized carbons (Fsp3) is 0.550. The first kappa shape index (κ1) is 16.9. The summed E-state index contributed by atoms with van der Waals surface area (Å²) in [6, 6.07) is 5.99. The van der Waals surface area contributed by atoms with Crippen LogP contribution in [0.25, 0.3) is 11.0 Å². The smallest absolute Gasteiger partial charge is 0.251 e. The number of hydrogen-bond donors (Lipinski definition) is 1. The third-order valence-corrected chi connectivity index (χ3v) is 4.94. The van der Waals surface area contributed by atoms with Gasteiger partial charge in [-0.1, -0.05) is 39.5 Å². The quantitative estimate of drug-likeness (QED) is 0.857. The molecule has 3 rings (SSSR count). The summed E-state index contributed by atoms with van der Waals surface area (Å²) < 4.78 is 0. The predicted molar refractivity (Wildman–Crippen MR) is 97.3 cm³/mol. The molecule has 1 aliphatic rings. The Balaban J connectivity index is 1.82. The molecule has 1 heterocycles. The number of aromatic nitrogens is 2. The van der Waals surface area contributed by atoms with Gasteiger partial charge in [0.2, 0.25) is 0 Å². The molecule has 0 aliphatic heterocycles. The highest BCUT2D eigenvalue weighted by Crippen LogP contribution is 2.19. The number of carbonyl (C=O) groups excluding carboxylic acids is 1. The number of aryl methyl sites for hydroxylation is 2. The zero-order valence-corrected chi connectivity index (χ0v) is 14.8. The molecule has 1 aromatic carbocycles. The molecule has 4 heteroatoms. The molecule has 0 saturated heterocycles. The Morgan fingerprint density at radius 1 is 1.00 bits per heavy atom. The number of benzene rings is 1. The number of fused-ring (bicyclic) bond motifs is 1. The summed E-state index contributed by atoms with van der Waals surface area (Å²) in [6.07, 6.45) is 8.95. The van der Waals surface area contributed by atoms with E-state index >= 15 is 0 Å². The maximum Gasteiger partial charge on any atom is 0.251 e. The average molecular weight is 325 g/mol. The Kier molecular flexibility index (Phi) is 5.44. The average Bonchev–Trinajstić information content (AvgIpc) is 2.88. The van der Waals surface area contributed by atoms with Crippen LogP contribution in [0.15, 0.2) is 18.2 Å². The zero-order valence-electron chi connectivity index (χ0n) is 14.8. The van der Waals surface area contributed by atoms with E-state index in [0.717, 1.165) is 48.1 Å². The van der Waals surface area contributed by atoms with E-state index in [1.807, 2.05) is 18.2 Å². The van der Waals surface area contributed by atoms with Gasteiger partial charge < -0.3 is 5.32 Å². The molecule has 1 aliphatic carbocycles. The predicted octanol–water partition coefficient (Wildman–Crippen LogP) is 4.21. The molecule has 0 radical (unpaired) electrons. The van der Waals surface area contributed by atoms with Gasteiger partial charge in [-0.3, -0.25) is 4.79 Å². The summed E-state index contributed by atoms with van der Waals surface area (Å²) in [6.45, 7) is 4.20. The van der Waals surface area contributed by atoms with Crippen LogP contribution in [0.2, 0.25) is 0 Å². The van der Waals surface area contributed by atoms with Crippen LogP contribution in [0.4, 0.5) is 0 Å². The van der Waals surface area contributed by atoms with Crippen LogP contribution in [0.3, 0.4) is 0 Å². The summed E-state index contributed by atoms with van der Waals surface area (Å²) in [7, 11) is 0. The van der Waals surface area contributed by atoms with Crippen molar-refractivity contribution in [2.24, 2.45) is 0 Å². The molecule has 24 heavy (non-hydrogen) atoms. The Bertz CT molecular complexity index is 718. The molecule has 128 valence electrons. The second-order valence-electron chi connectivity index (χ2n) is 6.69. The number of nitrogens with zero attached hydrogens (tertiary/aromatic N) is 2. The number of amides is 1. The van der Waals surface area contributed by atoms with Gasteiger partial charge in [-0.25, -0.2) is 9.97 Å². The van der Waals surface area contributed by atoms with Crippen LogP contribution in [0, 0.1) is 0 Å². The molecule has 0 spiro atoms. The van der Waals surface area contributed by atoms with Crippen LogP contribution >= 0.6 is 0 Å². The third kappa shape index (κ3) is 3.74. The lowest BCUT2D eigenvalue weighted by molar-refractivity contribution is 0.0933. The minimum Gasteiger partial charge on any atom is -0.349 e. The molecular formula is C20H27N3O. The van der Waals surface area contributed by atoms with Gasteiger partial charge >= 0.3 is 0 Å². The van der Waals surface area contributed by atoms with E-state index in [0.29, 0.717) is 11.6 Å². The number of nitrogens with one attached hydrogen (secondary N) is 1. The zero-order chi connectivity index (χ0) is 16.9. The van der Waals surface area contributed by atoms with Crippen molar-refractivity contribution in [1.82, 2.24) is 15.3 Å². The third-order valence-electron chi connectivity index (χ3n) is 4.94. The molecule has 1 N–H and O–H groups in total. The van der Waals surface area contributed by atoms with E-state index in [1.165, 1.54) is 25.7 Å². The van der Waals surface area contributed by atoms with Crippen molar-refractivity contribution in [3.05, 3.63) is 35.2 Å². The van der Waals surface area contributed by atoms with Crippen molar-refractivity contribution < 1.29 is 4.79 Å².